The predicted octanol–water partition coefficient (Wildman–Crippen LogP) is 4.86. The van der Waals surface area contributed by atoms with Crippen LogP contribution in [0.25, 0.3) is 22.3 Å². The third kappa shape index (κ3) is 4.02. The fourth-order valence-corrected chi connectivity index (χ4v) is 3.23. The van der Waals surface area contributed by atoms with Crippen molar-refractivity contribution in [2.75, 3.05) is 13.1 Å². The van der Waals surface area contributed by atoms with Crippen LogP contribution >= 0.6 is 11.6 Å². The molecule has 0 saturated heterocycles. The molecule has 0 amide bonds. The summed E-state index contributed by atoms with van der Waals surface area (Å²) in [5.74, 6) is 0.366. The van der Waals surface area contributed by atoms with Crippen molar-refractivity contribution in [3.63, 3.8) is 0 Å². The monoisotopic (exact) mass is 386 g/mol. The lowest BCUT2D eigenvalue weighted by molar-refractivity contribution is -0.384. The Labute approximate surface area is 161 Å². The molecule has 0 aliphatic carbocycles. The molecule has 3 rings (SSSR count). The van der Waals surface area contributed by atoms with E-state index < -0.39 is 4.92 Å². The average molecular weight is 387 g/mol. The molecule has 3 aromatic rings. The summed E-state index contributed by atoms with van der Waals surface area (Å²) in [5, 5.41) is 11.7. The van der Waals surface area contributed by atoms with E-state index in [1.807, 2.05) is 6.07 Å². The first-order chi connectivity index (χ1) is 12.9. The molecule has 0 saturated carbocycles. The van der Waals surface area contributed by atoms with Crippen molar-refractivity contribution < 1.29 is 9.34 Å². The van der Waals surface area contributed by atoms with Gasteiger partial charge in [0, 0.05) is 40.9 Å². The molecule has 0 aliphatic rings. The summed E-state index contributed by atoms with van der Waals surface area (Å²) in [5.41, 5.74) is 1.71. The molecule has 0 aliphatic heterocycles. The first-order valence-corrected chi connectivity index (χ1v) is 9.04. The third-order valence-corrected chi connectivity index (χ3v) is 4.74. The van der Waals surface area contributed by atoms with Crippen LogP contribution in [0.1, 0.15) is 19.4 Å². The van der Waals surface area contributed by atoms with Crippen LogP contribution in [-0.4, -0.2) is 22.9 Å². The van der Waals surface area contributed by atoms with Crippen molar-refractivity contribution >= 4 is 28.3 Å². The molecule has 0 bridgehead atoms. The van der Waals surface area contributed by atoms with E-state index in [9.17, 15) is 14.9 Å². The van der Waals surface area contributed by atoms with Gasteiger partial charge in [0.05, 0.1) is 10.3 Å². The van der Waals surface area contributed by atoms with Crippen molar-refractivity contribution in [2.45, 2.75) is 20.4 Å². The zero-order chi connectivity index (χ0) is 19.6. The number of hydrogen-bond donors (Lipinski definition) is 0. The molecule has 1 heterocycles. The van der Waals surface area contributed by atoms with E-state index in [-0.39, 0.29) is 11.1 Å². The van der Waals surface area contributed by atoms with Gasteiger partial charge in [-0.1, -0.05) is 25.4 Å². The number of fused-ring (bicyclic) bond motifs is 1. The topological polar surface area (TPSA) is 76.6 Å². The normalized spacial score (nSPS) is 11.3. The van der Waals surface area contributed by atoms with Gasteiger partial charge in [-0.2, -0.15) is 0 Å². The highest BCUT2D eigenvalue weighted by Crippen LogP contribution is 2.28. The van der Waals surface area contributed by atoms with E-state index in [0.29, 0.717) is 33.9 Å². The lowest BCUT2D eigenvalue weighted by Crippen LogP contribution is -2.22. The van der Waals surface area contributed by atoms with Gasteiger partial charge < -0.3 is 4.42 Å². The molecule has 27 heavy (non-hydrogen) atoms. The Bertz CT molecular complexity index is 1040. The molecule has 1 aromatic heterocycles. The Balaban J connectivity index is 2.15. The highest BCUT2D eigenvalue weighted by atomic mass is 35.5. The average Bonchev–Trinajstić information content (AvgIpc) is 2.66. The van der Waals surface area contributed by atoms with E-state index in [1.165, 1.54) is 18.2 Å². The highest BCUT2D eigenvalue weighted by Gasteiger charge is 2.15. The molecule has 0 fully saturated rings. The quantitative estimate of drug-likeness (QED) is 0.446. The minimum absolute atomic E-state index is 0.0177. The van der Waals surface area contributed by atoms with Crippen LogP contribution in [0.2, 0.25) is 5.02 Å². The van der Waals surface area contributed by atoms with Crippen LogP contribution in [0.3, 0.4) is 0 Å². The van der Waals surface area contributed by atoms with E-state index in [0.717, 1.165) is 18.7 Å². The number of rotatable bonds is 6. The Morgan fingerprint density at radius 2 is 1.78 bits per heavy atom. The molecule has 0 unspecified atom stereocenters. The molecular formula is C20H19ClN2O4. The highest BCUT2D eigenvalue weighted by molar-refractivity contribution is 6.31. The molecular weight excluding hydrogens is 368 g/mol. The fraction of sp³-hybridized carbons (Fsp3) is 0.250. The molecule has 0 atom stereocenters. The second-order valence-electron chi connectivity index (χ2n) is 6.18. The summed E-state index contributed by atoms with van der Waals surface area (Å²) in [6.45, 7) is 6.45. The summed E-state index contributed by atoms with van der Waals surface area (Å²) < 4.78 is 6.05. The van der Waals surface area contributed by atoms with Gasteiger partial charge in [0.2, 0.25) is 0 Å². The Kier molecular flexibility index (Phi) is 5.58. The Morgan fingerprint density at radius 3 is 2.37 bits per heavy atom. The summed E-state index contributed by atoms with van der Waals surface area (Å²) in [7, 11) is 0. The van der Waals surface area contributed by atoms with Crippen LogP contribution in [0.15, 0.2) is 51.7 Å². The van der Waals surface area contributed by atoms with Crippen LogP contribution in [-0.2, 0) is 6.54 Å². The zero-order valence-electron chi connectivity index (χ0n) is 15.1. The van der Waals surface area contributed by atoms with Crippen molar-refractivity contribution in [3.8, 4) is 11.3 Å². The summed E-state index contributed by atoms with van der Waals surface area (Å²) in [4.78, 5) is 25.2. The van der Waals surface area contributed by atoms with Gasteiger partial charge in [0.25, 0.3) is 5.69 Å². The smallest absolute Gasteiger partial charge is 0.269 e. The molecule has 0 N–H and O–H groups in total. The molecule has 2 aromatic carbocycles. The van der Waals surface area contributed by atoms with Gasteiger partial charge in [-0.05, 0) is 37.4 Å². The molecule has 0 spiro atoms. The lowest BCUT2D eigenvalue weighted by Gasteiger charge is -2.19. The number of benzene rings is 2. The number of non-ortho nitro benzene ring substituents is 1. The molecule has 140 valence electrons. The number of nitro benzene ring substituents is 1. The zero-order valence-corrected chi connectivity index (χ0v) is 15.8. The van der Waals surface area contributed by atoms with Gasteiger partial charge >= 0.3 is 0 Å². The van der Waals surface area contributed by atoms with Gasteiger partial charge in [-0.25, -0.2) is 0 Å². The fourth-order valence-electron chi connectivity index (χ4n) is 2.99. The molecule has 0 radical (unpaired) electrons. The predicted molar refractivity (Wildman–Crippen MR) is 106 cm³/mol. The van der Waals surface area contributed by atoms with E-state index in [1.54, 1.807) is 18.2 Å². The van der Waals surface area contributed by atoms with E-state index in [2.05, 4.69) is 18.7 Å². The van der Waals surface area contributed by atoms with Gasteiger partial charge in [0.15, 0.2) is 5.43 Å². The summed E-state index contributed by atoms with van der Waals surface area (Å²) >= 11 is 6.21. The lowest BCUT2D eigenvalue weighted by atomic mass is 10.1. The van der Waals surface area contributed by atoms with Crippen LogP contribution in [0.4, 0.5) is 5.69 Å². The third-order valence-electron chi connectivity index (χ3n) is 4.52. The minimum atomic E-state index is -0.468. The van der Waals surface area contributed by atoms with Gasteiger partial charge in [-0.15, -0.1) is 0 Å². The maximum Gasteiger partial charge on any atom is 0.269 e. The number of halogens is 1. The Morgan fingerprint density at radius 1 is 1.11 bits per heavy atom. The van der Waals surface area contributed by atoms with E-state index >= 15 is 0 Å². The standard InChI is InChI=1S/C20H19ClN2O4/c1-3-22(4-2)12-14-9-15(21)10-17-18(24)11-19(27-20(14)17)13-5-7-16(8-6-13)23(25)26/h5-11H,3-4,12H2,1-2H3. The van der Waals surface area contributed by atoms with E-state index in [4.69, 9.17) is 16.0 Å². The second-order valence-corrected chi connectivity index (χ2v) is 6.62. The van der Waals surface area contributed by atoms with Crippen molar-refractivity contribution in [3.05, 3.63) is 73.4 Å². The van der Waals surface area contributed by atoms with Crippen molar-refractivity contribution in [1.29, 1.82) is 0 Å². The number of nitro groups is 1. The summed E-state index contributed by atoms with van der Waals surface area (Å²) in [6, 6.07) is 10.7. The van der Waals surface area contributed by atoms with Crippen LogP contribution in [0, 0.1) is 10.1 Å². The first kappa shape index (κ1) is 19.1. The minimum Gasteiger partial charge on any atom is -0.455 e. The first-order valence-electron chi connectivity index (χ1n) is 8.66. The van der Waals surface area contributed by atoms with Gasteiger partial charge in [0.1, 0.15) is 11.3 Å². The molecule has 7 heteroatoms. The largest absolute Gasteiger partial charge is 0.455 e. The van der Waals surface area contributed by atoms with Crippen LogP contribution in [0.5, 0.6) is 0 Å². The summed E-state index contributed by atoms with van der Waals surface area (Å²) in [6.07, 6.45) is 0. The molecule has 6 nitrogen and oxygen atoms in total. The maximum atomic E-state index is 12.6. The number of nitrogens with zero attached hydrogens (tertiary/aromatic N) is 2. The number of hydrogen-bond acceptors (Lipinski definition) is 5. The van der Waals surface area contributed by atoms with Crippen molar-refractivity contribution in [2.24, 2.45) is 0 Å². The van der Waals surface area contributed by atoms with Crippen molar-refractivity contribution in [1.82, 2.24) is 4.90 Å². The second kappa shape index (κ2) is 7.90. The Hall–Kier alpha value is -2.70. The SMILES string of the molecule is CCN(CC)Cc1cc(Cl)cc2c(=O)cc(-c3ccc([N+](=O)[O-])cc3)oc12. The maximum absolute atomic E-state index is 12.6. The van der Waals surface area contributed by atoms with Gasteiger partial charge in [-0.3, -0.25) is 19.8 Å². The van der Waals surface area contributed by atoms with Crippen LogP contribution < -0.4 is 5.43 Å².